The van der Waals surface area contributed by atoms with Crippen LogP contribution in [0.1, 0.15) is 41.1 Å². The fourth-order valence-corrected chi connectivity index (χ4v) is 3.22. The summed E-state index contributed by atoms with van der Waals surface area (Å²) in [5.74, 6) is 0. The zero-order chi connectivity index (χ0) is 10.7. The van der Waals surface area contributed by atoms with Gasteiger partial charge >= 0.3 is 0 Å². The number of ether oxygens (including phenoxy) is 1. The maximum absolute atomic E-state index is 6.08. The van der Waals surface area contributed by atoms with E-state index in [9.17, 15) is 0 Å². The molecule has 2 nitrogen and oxygen atoms in total. The number of hydrogen-bond acceptors (Lipinski definition) is 3. The SMILES string of the molecule is CCCOCC(N)c1cc2c(s1)CCC2. The Labute approximate surface area is 95.4 Å². The number of fused-ring (bicyclic) bond motifs is 1. The Kier molecular flexibility index (Phi) is 3.78. The van der Waals surface area contributed by atoms with Crippen LogP contribution < -0.4 is 5.73 Å². The molecule has 0 radical (unpaired) electrons. The van der Waals surface area contributed by atoms with E-state index in [2.05, 4.69) is 13.0 Å². The zero-order valence-corrected chi connectivity index (χ0v) is 10.1. The van der Waals surface area contributed by atoms with Gasteiger partial charge in [0.25, 0.3) is 0 Å². The maximum Gasteiger partial charge on any atom is 0.0667 e. The van der Waals surface area contributed by atoms with Crippen molar-refractivity contribution in [3.05, 3.63) is 21.4 Å². The van der Waals surface area contributed by atoms with E-state index in [1.54, 1.807) is 4.88 Å². The van der Waals surface area contributed by atoms with Crippen LogP contribution in [0, 0.1) is 0 Å². The lowest BCUT2D eigenvalue weighted by Crippen LogP contribution is -2.16. The molecule has 0 fully saturated rings. The molecule has 3 heteroatoms. The molecular weight excluding hydrogens is 206 g/mol. The molecule has 0 aliphatic heterocycles. The van der Waals surface area contributed by atoms with E-state index in [4.69, 9.17) is 10.5 Å². The summed E-state index contributed by atoms with van der Waals surface area (Å²) < 4.78 is 5.48. The van der Waals surface area contributed by atoms with Crippen molar-refractivity contribution in [1.82, 2.24) is 0 Å². The van der Waals surface area contributed by atoms with Crippen molar-refractivity contribution < 1.29 is 4.74 Å². The van der Waals surface area contributed by atoms with Gasteiger partial charge in [0.05, 0.1) is 12.6 Å². The first-order valence-corrected chi connectivity index (χ1v) is 6.57. The number of aryl methyl sites for hydroxylation is 2. The smallest absolute Gasteiger partial charge is 0.0667 e. The first-order valence-electron chi connectivity index (χ1n) is 5.76. The van der Waals surface area contributed by atoms with Crippen LogP contribution in [0.5, 0.6) is 0 Å². The Balaban J connectivity index is 1.91. The highest BCUT2D eigenvalue weighted by Gasteiger charge is 2.17. The molecule has 2 N–H and O–H groups in total. The molecule has 0 spiro atoms. The van der Waals surface area contributed by atoms with E-state index in [1.165, 1.54) is 29.7 Å². The Hall–Kier alpha value is -0.380. The average molecular weight is 225 g/mol. The van der Waals surface area contributed by atoms with E-state index in [0.717, 1.165) is 13.0 Å². The first kappa shape index (κ1) is 11.1. The lowest BCUT2D eigenvalue weighted by Gasteiger charge is -2.09. The molecule has 1 unspecified atom stereocenters. The number of rotatable bonds is 5. The molecular formula is C12H19NOS. The third kappa shape index (κ3) is 2.60. The minimum absolute atomic E-state index is 0.0761. The van der Waals surface area contributed by atoms with Gasteiger partial charge in [-0.3, -0.25) is 0 Å². The van der Waals surface area contributed by atoms with Crippen molar-refractivity contribution in [2.75, 3.05) is 13.2 Å². The molecule has 1 aliphatic rings. The van der Waals surface area contributed by atoms with E-state index in [0.29, 0.717) is 6.61 Å². The van der Waals surface area contributed by atoms with Crippen molar-refractivity contribution in [3.8, 4) is 0 Å². The van der Waals surface area contributed by atoms with Crippen LogP contribution in [0.15, 0.2) is 6.07 Å². The maximum atomic E-state index is 6.08. The van der Waals surface area contributed by atoms with Gasteiger partial charge in [0.2, 0.25) is 0 Å². The van der Waals surface area contributed by atoms with Gasteiger partial charge in [-0.2, -0.15) is 0 Å². The highest BCUT2D eigenvalue weighted by Crippen LogP contribution is 2.33. The van der Waals surface area contributed by atoms with Gasteiger partial charge < -0.3 is 10.5 Å². The third-order valence-corrected chi connectivity index (χ3v) is 4.15. The molecule has 15 heavy (non-hydrogen) atoms. The predicted octanol–water partition coefficient (Wildman–Crippen LogP) is 2.66. The van der Waals surface area contributed by atoms with Gasteiger partial charge in [-0.15, -0.1) is 11.3 Å². The van der Waals surface area contributed by atoms with E-state index >= 15 is 0 Å². The van der Waals surface area contributed by atoms with E-state index in [1.807, 2.05) is 11.3 Å². The summed E-state index contributed by atoms with van der Waals surface area (Å²) in [6, 6.07) is 2.36. The molecule has 0 amide bonds. The summed E-state index contributed by atoms with van der Waals surface area (Å²) in [6.07, 6.45) is 4.88. The van der Waals surface area contributed by atoms with Crippen LogP contribution in [-0.2, 0) is 17.6 Å². The number of hydrogen-bond donors (Lipinski definition) is 1. The Morgan fingerprint density at radius 1 is 1.53 bits per heavy atom. The van der Waals surface area contributed by atoms with Crippen molar-refractivity contribution in [3.63, 3.8) is 0 Å². The Morgan fingerprint density at radius 3 is 3.13 bits per heavy atom. The second-order valence-corrected chi connectivity index (χ2v) is 5.30. The number of nitrogens with two attached hydrogens (primary N) is 1. The standard InChI is InChI=1S/C12H19NOS/c1-2-6-14-8-10(13)12-7-9-4-3-5-11(9)15-12/h7,10H,2-6,8,13H2,1H3. The van der Waals surface area contributed by atoms with Gasteiger partial charge in [0, 0.05) is 16.4 Å². The normalized spacial score (nSPS) is 16.7. The zero-order valence-electron chi connectivity index (χ0n) is 9.29. The highest BCUT2D eigenvalue weighted by atomic mass is 32.1. The Bertz CT molecular complexity index is 300. The molecule has 1 heterocycles. The largest absolute Gasteiger partial charge is 0.379 e. The summed E-state index contributed by atoms with van der Waals surface area (Å²) in [4.78, 5) is 2.85. The molecule has 0 bridgehead atoms. The molecule has 2 rings (SSSR count). The molecule has 0 aromatic carbocycles. The van der Waals surface area contributed by atoms with Crippen LogP contribution in [-0.4, -0.2) is 13.2 Å². The molecule has 0 saturated carbocycles. The fraction of sp³-hybridized carbons (Fsp3) is 0.667. The van der Waals surface area contributed by atoms with Crippen LogP contribution in [0.3, 0.4) is 0 Å². The van der Waals surface area contributed by atoms with Crippen LogP contribution in [0.25, 0.3) is 0 Å². The summed E-state index contributed by atoms with van der Waals surface area (Å²) in [6.45, 7) is 3.59. The number of thiophene rings is 1. The predicted molar refractivity (Wildman–Crippen MR) is 64.4 cm³/mol. The van der Waals surface area contributed by atoms with Crippen LogP contribution >= 0.6 is 11.3 Å². The minimum atomic E-state index is 0.0761. The molecule has 1 aromatic heterocycles. The highest BCUT2D eigenvalue weighted by molar-refractivity contribution is 7.12. The van der Waals surface area contributed by atoms with Crippen LogP contribution in [0.2, 0.25) is 0 Å². The van der Waals surface area contributed by atoms with Crippen molar-refractivity contribution in [1.29, 1.82) is 0 Å². The quantitative estimate of drug-likeness (QED) is 0.782. The summed E-state index contributed by atoms with van der Waals surface area (Å²) >= 11 is 1.88. The molecule has 0 saturated heterocycles. The second kappa shape index (κ2) is 5.10. The topological polar surface area (TPSA) is 35.2 Å². The fourth-order valence-electron chi connectivity index (χ4n) is 1.97. The lowest BCUT2D eigenvalue weighted by molar-refractivity contribution is 0.122. The summed E-state index contributed by atoms with van der Waals surface area (Å²) in [5.41, 5.74) is 7.61. The summed E-state index contributed by atoms with van der Waals surface area (Å²) in [5, 5.41) is 0. The van der Waals surface area contributed by atoms with Crippen LogP contribution in [0.4, 0.5) is 0 Å². The monoisotopic (exact) mass is 225 g/mol. The molecule has 1 aromatic rings. The van der Waals surface area contributed by atoms with Gasteiger partial charge in [-0.05, 0) is 37.3 Å². The van der Waals surface area contributed by atoms with Gasteiger partial charge in [0.15, 0.2) is 0 Å². The van der Waals surface area contributed by atoms with Crippen molar-refractivity contribution >= 4 is 11.3 Å². The minimum Gasteiger partial charge on any atom is -0.379 e. The third-order valence-electron chi connectivity index (χ3n) is 2.78. The Morgan fingerprint density at radius 2 is 2.40 bits per heavy atom. The molecule has 1 aliphatic carbocycles. The average Bonchev–Trinajstić information content (AvgIpc) is 2.76. The van der Waals surface area contributed by atoms with Gasteiger partial charge in [-0.1, -0.05) is 6.92 Å². The van der Waals surface area contributed by atoms with Crippen molar-refractivity contribution in [2.24, 2.45) is 5.73 Å². The summed E-state index contributed by atoms with van der Waals surface area (Å²) in [7, 11) is 0. The van der Waals surface area contributed by atoms with Gasteiger partial charge in [0.1, 0.15) is 0 Å². The van der Waals surface area contributed by atoms with E-state index < -0.39 is 0 Å². The first-order chi connectivity index (χ1) is 7.31. The van der Waals surface area contributed by atoms with Gasteiger partial charge in [-0.25, -0.2) is 0 Å². The lowest BCUT2D eigenvalue weighted by atomic mass is 10.2. The van der Waals surface area contributed by atoms with E-state index in [-0.39, 0.29) is 6.04 Å². The van der Waals surface area contributed by atoms with Crippen molar-refractivity contribution in [2.45, 2.75) is 38.6 Å². The molecule has 84 valence electrons. The second-order valence-electron chi connectivity index (χ2n) is 4.13. The molecule has 1 atom stereocenters.